The average molecular weight is 397 g/mol. The number of carbonyl (C=O) groups excluding carboxylic acids is 2. The van der Waals surface area contributed by atoms with Crippen LogP contribution in [0.25, 0.3) is 0 Å². The second kappa shape index (κ2) is 11.2. The normalized spacial score (nSPS) is 12.9. The molecule has 5 nitrogen and oxygen atoms in total. The highest BCUT2D eigenvalue weighted by atomic mass is 16.5. The van der Waals surface area contributed by atoms with E-state index in [-0.39, 0.29) is 24.2 Å². The van der Waals surface area contributed by atoms with Gasteiger partial charge in [-0.05, 0) is 24.5 Å². The molecule has 0 aromatic heterocycles. The first-order valence-electron chi connectivity index (χ1n) is 10.2. The molecule has 0 aliphatic heterocycles. The first-order valence-corrected chi connectivity index (χ1v) is 10.2. The van der Waals surface area contributed by atoms with Gasteiger partial charge < -0.3 is 15.4 Å². The van der Waals surface area contributed by atoms with Crippen LogP contribution in [0.1, 0.15) is 57.2 Å². The number of amides is 2. The summed E-state index contributed by atoms with van der Waals surface area (Å²) in [5, 5.41) is 5.94. The summed E-state index contributed by atoms with van der Waals surface area (Å²) in [6.45, 7) is 8.75. The number of hydrogen-bond donors (Lipinski definition) is 2. The third kappa shape index (κ3) is 6.93. The molecular formula is C24H32N2O3. The van der Waals surface area contributed by atoms with Crippen molar-refractivity contribution in [1.82, 2.24) is 10.6 Å². The SMILES string of the molecule is CCOc1ccccc1C(CC(=O)NCC(c1ccccc1)C(C)C)NC(C)=O. The number of para-hydroxylation sites is 1. The van der Waals surface area contributed by atoms with E-state index >= 15 is 0 Å². The third-order valence-electron chi connectivity index (χ3n) is 4.91. The fourth-order valence-corrected chi connectivity index (χ4v) is 3.46. The zero-order valence-electron chi connectivity index (χ0n) is 17.8. The smallest absolute Gasteiger partial charge is 0.222 e. The number of carbonyl (C=O) groups is 2. The summed E-state index contributed by atoms with van der Waals surface area (Å²) in [5.74, 6) is 1.03. The van der Waals surface area contributed by atoms with Crippen LogP contribution in [0.5, 0.6) is 5.75 Å². The third-order valence-corrected chi connectivity index (χ3v) is 4.91. The molecule has 2 N–H and O–H groups in total. The molecule has 0 aliphatic rings. The van der Waals surface area contributed by atoms with Gasteiger partial charge in [0.05, 0.1) is 19.1 Å². The van der Waals surface area contributed by atoms with Crippen molar-refractivity contribution in [2.45, 2.75) is 46.1 Å². The molecule has 0 saturated heterocycles. The summed E-state index contributed by atoms with van der Waals surface area (Å²) in [7, 11) is 0. The Bertz CT molecular complexity index is 790. The standard InChI is InChI=1S/C24H32N2O3/c1-5-29-23-14-10-9-13-20(23)22(26-18(4)27)15-24(28)25-16-21(17(2)3)19-11-7-6-8-12-19/h6-14,17,21-22H,5,15-16H2,1-4H3,(H,25,28)(H,26,27). The molecule has 2 amide bonds. The van der Waals surface area contributed by atoms with Crippen molar-refractivity contribution in [2.24, 2.45) is 5.92 Å². The lowest BCUT2D eigenvalue weighted by atomic mass is 9.88. The maximum absolute atomic E-state index is 12.7. The highest BCUT2D eigenvalue weighted by Gasteiger charge is 2.22. The molecule has 156 valence electrons. The molecule has 0 aliphatic carbocycles. The lowest BCUT2D eigenvalue weighted by Crippen LogP contribution is -2.35. The number of nitrogens with one attached hydrogen (secondary N) is 2. The van der Waals surface area contributed by atoms with Gasteiger partial charge in [0, 0.05) is 24.9 Å². The van der Waals surface area contributed by atoms with Gasteiger partial charge >= 0.3 is 0 Å². The molecule has 2 aromatic carbocycles. The Balaban J connectivity index is 2.09. The second-order valence-electron chi connectivity index (χ2n) is 7.49. The minimum atomic E-state index is -0.440. The van der Waals surface area contributed by atoms with E-state index in [1.54, 1.807) is 0 Å². The van der Waals surface area contributed by atoms with Gasteiger partial charge in [0.15, 0.2) is 0 Å². The van der Waals surface area contributed by atoms with Gasteiger partial charge in [0.25, 0.3) is 0 Å². The molecule has 2 aromatic rings. The van der Waals surface area contributed by atoms with E-state index < -0.39 is 6.04 Å². The van der Waals surface area contributed by atoms with Crippen molar-refractivity contribution in [3.05, 3.63) is 65.7 Å². The van der Waals surface area contributed by atoms with Crippen LogP contribution >= 0.6 is 0 Å². The molecule has 2 unspecified atom stereocenters. The molecule has 0 bridgehead atoms. The molecule has 2 atom stereocenters. The Labute approximate surface area is 173 Å². The van der Waals surface area contributed by atoms with Gasteiger partial charge in [-0.2, -0.15) is 0 Å². The maximum Gasteiger partial charge on any atom is 0.222 e. The van der Waals surface area contributed by atoms with E-state index in [0.717, 1.165) is 5.56 Å². The molecule has 0 heterocycles. The van der Waals surface area contributed by atoms with Crippen molar-refractivity contribution in [1.29, 1.82) is 0 Å². The van der Waals surface area contributed by atoms with E-state index in [2.05, 4.69) is 36.6 Å². The second-order valence-corrected chi connectivity index (χ2v) is 7.49. The average Bonchev–Trinajstić information content (AvgIpc) is 2.68. The Morgan fingerprint density at radius 2 is 1.66 bits per heavy atom. The zero-order chi connectivity index (χ0) is 21.2. The fraction of sp³-hybridized carbons (Fsp3) is 0.417. The fourth-order valence-electron chi connectivity index (χ4n) is 3.46. The first kappa shape index (κ1) is 22.5. The molecule has 0 radical (unpaired) electrons. The molecule has 0 fully saturated rings. The Morgan fingerprint density at radius 3 is 2.28 bits per heavy atom. The summed E-state index contributed by atoms with van der Waals surface area (Å²) < 4.78 is 5.69. The summed E-state index contributed by atoms with van der Waals surface area (Å²) >= 11 is 0. The van der Waals surface area contributed by atoms with Crippen LogP contribution in [0.2, 0.25) is 0 Å². The van der Waals surface area contributed by atoms with Gasteiger partial charge in [0.2, 0.25) is 11.8 Å². The minimum absolute atomic E-state index is 0.100. The maximum atomic E-state index is 12.7. The van der Waals surface area contributed by atoms with Crippen LogP contribution in [0.4, 0.5) is 0 Å². The summed E-state index contributed by atoms with van der Waals surface area (Å²) in [5.41, 5.74) is 2.02. The Kier molecular flexibility index (Phi) is 8.71. The van der Waals surface area contributed by atoms with Crippen LogP contribution in [0, 0.1) is 5.92 Å². The molecule has 29 heavy (non-hydrogen) atoms. The van der Waals surface area contributed by atoms with Gasteiger partial charge in [-0.15, -0.1) is 0 Å². The summed E-state index contributed by atoms with van der Waals surface area (Å²) in [6.07, 6.45) is 0.156. The van der Waals surface area contributed by atoms with Crippen LogP contribution in [0.15, 0.2) is 54.6 Å². The summed E-state index contributed by atoms with van der Waals surface area (Å²) in [6, 6.07) is 17.3. The number of rotatable bonds is 10. The van der Waals surface area contributed by atoms with Crippen molar-refractivity contribution < 1.29 is 14.3 Å². The van der Waals surface area contributed by atoms with Gasteiger partial charge in [0.1, 0.15) is 5.75 Å². The predicted molar refractivity (Wildman–Crippen MR) is 116 cm³/mol. The number of benzene rings is 2. The van der Waals surface area contributed by atoms with Crippen molar-refractivity contribution in [3.63, 3.8) is 0 Å². The largest absolute Gasteiger partial charge is 0.494 e. The predicted octanol–water partition coefficient (Wildman–Crippen LogP) is 4.21. The van der Waals surface area contributed by atoms with Crippen molar-refractivity contribution in [3.8, 4) is 5.75 Å². The lowest BCUT2D eigenvalue weighted by molar-refractivity contribution is -0.122. The minimum Gasteiger partial charge on any atom is -0.494 e. The van der Waals surface area contributed by atoms with Crippen LogP contribution in [-0.4, -0.2) is 25.0 Å². The quantitative estimate of drug-likeness (QED) is 0.632. The van der Waals surface area contributed by atoms with Gasteiger partial charge in [-0.1, -0.05) is 62.4 Å². The molecule has 0 spiro atoms. The zero-order valence-corrected chi connectivity index (χ0v) is 17.8. The van der Waals surface area contributed by atoms with E-state index in [4.69, 9.17) is 4.74 Å². The lowest BCUT2D eigenvalue weighted by Gasteiger charge is -2.24. The van der Waals surface area contributed by atoms with Crippen molar-refractivity contribution >= 4 is 11.8 Å². The van der Waals surface area contributed by atoms with Gasteiger partial charge in [-0.3, -0.25) is 9.59 Å². The highest BCUT2D eigenvalue weighted by molar-refractivity contribution is 5.79. The Morgan fingerprint density at radius 1 is 1.00 bits per heavy atom. The molecule has 2 rings (SSSR count). The highest BCUT2D eigenvalue weighted by Crippen LogP contribution is 2.28. The van der Waals surface area contributed by atoms with E-state index in [9.17, 15) is 9.59 Å². The Hall–Kier alpha value is -2.82. The van der Waals surface area contributed by atoms with E-state index in [0.29, 0.717) is 24.8 Å². The monoisotopic (exact) mass is 396 g/mol. The van der Waals surface area contributed by atoms with Crippen molar-refractivity contribution in [2.75, 3.05) is 13.2 Å². The molecule has 0 saturated carbocycles. The van der Waals surface area contributed by atoms with Crippen LogP contribution in [-0.2, 0) is 9.59 Å². The van der Waals surface area contributed by atoms with Crippen LogP contribution in [0.3, 0.4) is 0 Å². The molecule has 5 heteroatoms. The topological polar surface area (TPSA) is 67.4 Å². The first-order chi connectivity index (χ1) is 13.9. The van der Waals surface area contributed by atoms with Crippen LogP contribution < -0.4 is 15.4 Å². The van der Waals surface area contributed by atoms with E-state index in [1.165, 1.54) is 12.5 Å². The molecular weight excluding hydrogens is 364 g/mol. The summed E-state index contributed by atoms with van der Waals surface area (Å²) in [4.78, 5) is 24.5. The van der Waals surface area contributed by atoms with E-state index in [1.807, 2.05) is 49.4 Å². The number of hydrogen-bond acceptors (Lipinski definition) is 3. The number of ether oxygens (including phenoxy) is 1. The van der Waals surface area contributed by atoms with Gasteiger partial charge in [-0.25, -0.2) is 0 Å².